The third-order valence-corrected chi connectivity index (χ3v) is 6.88. The average Bonchev–Trinajstić information content (AvgIpc) is 3.34. The first-order chi connectivity index (χ1) is 17.2. The summed E-state index contributed by atoms with van der Waals surface area (Å²) in [6.45, 7) is 0.312. The Morgan fingerprint density at radius 3 is 2.61 bits per heavy atom. The van der Waals surface area contributed by atoms with Crippen LogP contribution in [0.3, 0.4) is 0 Å². The summed E-state index contributed by atoms with van der Waals surface area (Å²) in [5.74, 6) is -1.65. The van der Waals surface area contributed by atoms with Crippen LogP contribution >= 0.6 is 0 Å². The van der Waals surface area contributed by atoms with E-state index < -0.39 is 27.8 Å². The van der Waals surface area contributed by atoms with Crippen LogP contribution in [0.4, 0.5) is 30.6 Å². The van der Waals surface area contributed by atoms with E-state index in [1.54, 1.807) is 24.3 Å². The van der Waals surface area contributed by atoms with Crippen molar-refractivity contribution in [1.82, 2.24) is 20.2 Å². The largest absolute Gasteiger partial charge is 0.470 e. The van der Waals surface area contributed by atoms with E-state index in [0.29, 0.717) is 17.8 Å². The zero-order valence-corrected chi connectivity index (χ0v) is 19.1. The Morgan fingerprint density at radius 1 is 1.06 bits per heavy atom. The number of fused-ring (bicyclic) bond motifs is 1. The van der Waals surface area contributed by atoms with Gasteiger partial charge in [0.25, 0.3) is 5.89 Å². The van der Waals surface area contributed by atoms with Crippen molar-refractivity contribution in [2.24, 2.45) is 0 Å². The zero-order chi connectivity index (χ0) is 25.3. The second-order valence-electron chi connectivity index (χ2n) is 7.77. The standard InChI is InChI=1S/C23H17F3N6O3S/c24-23(25,26)21-32-31-20(35-21)17-13-28-22(30-19(17)27-12-14-5-2-1-3-6-14)29-16-8-9-18-15(11-16)7-4-10-36(18,33)34/h1-9,11,13H,10,12H2,(H2,27,28,29,30). The molecule has 184 valence electrons. The summed E-state index contributed by atoms with van der Waals surface area (Å²) >= 11 is 0. The highest BCUT2D eigenvalue weighted by Gasteiger charge is 2.38. The van der Waals surface area contributed by atoms with Gasteiger partial charge in [-0.1, -0.05) is 42.5 Å². The van der Waals surface area contributed by atoms with E-state index in [-0.39, 0.29) is 28.0 Å². The molecule has 13 heteroatoms. The monoisotopic (exact) mass is 514 g/mol. The molecule has 0 fully saturated rings. The maximum Gasteiger partial charge on any atom is 0.470 e. The molecule has 0 aliphatic carbocycles. The number of hydrogen-bond donors (Lipinski definition) is 2. The summed E-state index contributed by atoms with van der Waals surface area (Å²) < 4.78 is 68.1. The van der Waals surface area contributed by atoms with Crippen LogP contribution in [0.5, 0.6) is 0 Å². The van der Waals surface area contributed by atoms with E-state index in [4.69, 9.17) is 4.42 Å². The van der Waals surface area contributed by atoms with Gasteiger partial charge in [0.2, 0.25) is 5.95 Å². The number of halogens is 3. The summed E-state index contributed by atoms with van der Waals surface area (Å²) in [7, 11) is -3.38. The Morgan fingerprint density at radius 2 is 1.86 bits per heavy atom. The molecular weight excluding hydrogens is 497 g/mol. The van der Waals surface area contributed by atoms with Crippen molar-refractivity contribution in [3.8, 4) is 11.5 Å². The molecule has 2 aromatic heterocycles. The number of anilines is 3. The highest BCUT2D eigenvalue weighted by molar-refractivity contribution is 7.91. The van der Waals surface area contributed by atoms with Crippen LogP contribution in [-0.4, -0.2) is 34.3 Å². The lowest BCUT2D eigenvalue weighted by atomic mass is 10.2. The topological polar surface area (TPSA) is 123 Å². The Hall–Kier alpha value is -4.26. The van der Waals surface area contributed by atoms with Gasteiger partial charge < -0.3 is 15.1 Å². The van der Waals surface area contributed by atoms with E-state index in [1.165, 1.54) is 12.3 Å². The number of rotatable bonds is 6. The number of aromatic nitrogens is 4. The first-order valence-electron chi connectivity index (χ1n) is 10.6. The number of benzene rings is 2. The highest BCUT2D eigenvalue weighted by atomic mass is 32.2. The van der Waals surface area contributed by atoms with Gasteiger partial charge in [-0.2, -0.15) is 18.2 Å². The predicted molar refractivity (Wildman–Crippen MR) is 125 cm³/mol. The lowest BCUT2D eigenvalue weighted by Crippen LogP contribution is -2.10. The van der Waals surface area contributed by atoms with Gasteiger partial charge in [0, 0.05) is 18.4 Å². The minimum absolute atomic E-state index is 0.0560. The zero-order valence-electron chi connectivity index (χ0n) is 18.3. The molecule has 0 saturated carbocycles. The summed E-state index contributed by atoms with van der Waals surface area (Å²) in [4.78, 5) is 8.79. The molecule has 2 aromatic carbocycles. The SMILES string of the molecule is O=S1(=O)CC=Cc2cc(Nc3ncc(-c4nnc(C(F)(F)F)o4)c(NCc4ccccc4)n3)ccc21. The molecular formula is C23H17F3N6O3S. The minimum atomic E-state index is -4.79. The van der Waals surface area contributed by atoms with Crippen LogP contribution < -0.4 is 10.6 Å². The number of hydrogen-bond acceptors (Lipinski definition) is 9. The molecule has 2 N–H and O–H groups in total. The van der Waals surface area contributed by atoms with Crippen LogP contribution in [0.1, 0.15) is 17.0 Å². The van der Waals surface area contributed by atoms with E-state index in [9.17, 15) is 21.6 Å². The van der Waals surface area contributed by atoms with Gasteiger partial charge in [0.15, 0.2) is 9.84 Å². The number of sulfone groups is 1. The molecule has 3 heterocycles. The molecule has 0 atom stereocenters. The van der Waals surface area contributed by atoms with Crippen molar-refractivity contribution in [2.75, 3.05) is 16.4 Å². The maximum atomic E-state index is 13.0. The fourth-order valence-electron chi connectivity index (χ4n) is 3.52. The molecule has 1 aliphatic rings. The molecule has 5 rings (SSSR count). The van der Waals surface area contributed by atoms with Crippen molar-refractivity contribution < 1.29 is 26.0 Å². The third-order valence-electron chi connectivity index (χ3n) is 5.20. The molecule has 9 nitrogen and oxygen atoms in total. The number of nitrogens with one attached hydrogen (secondary N) is 2. The first-order valence-corrected chi connectivity index (χ1v) is 12.2. The van der Waals surface area contributed by atoms with E-state index >= 15 is 0 Å². The Balaban J connectivity index is 1.47. The third kappa shape index (κ3) is 4.91. The van der Waals surface area contributed by atoms with Gasteiger partial charge in [0.05, 0.1) is 16.2 Å². The Labute approximate surface area is 203 Å². The summed E-state index contributed by atoms with van der Waals surface area (Å²) in [6.07, 6.45) is -0.247. The quantitative estimate of drug-likeness (QED) is 0.377. The van der Waals surface area contributed by atoms with Crippen LogP contribution in [-0.2, 0) is 22.6 Å². The number of nitrogens with zero attached hydrogens (tertiary/aromatic N) is 4. The summed E-state index contributed by atoms with van der Waals surface area (Å²) in [5, 5.41) is 12.6. The van der Waals surface area contributed by atoms with Crippen LogP contribution in [0.25, 0.3) is 17.5 Å². The molecule has 1 aliphatic heterocycles. The highest BCUT2D eigenvalue weighted by Crippen LogP contribution is 2.33. The smallest absolute Gasteiger partial charge is 0.412 e. The van der Waals surface area contributed by atoms with Gasteiger partial charge in [-0.15, -0.1) is 10.2 Å². The Bertz CT molecular complexity index is 1550. The molecule has 36 heavy (non-hydrogen) atoms. The average molecular weight is 514 g/mol. The molecule has 0 saturated heterocycles. The summed E-state index contributed by atoms with van der Waals surface area (Å²) in [5.41, 5.74) is 2.03. The van der Waals surface area contributed by atoms with Crippen molar-refractivity contribution in [1.29, 1.82) is 0 Å². The van der Waals surface area contributed by atoms with E-state index in [0.717, 1.165) is 5.56 Å². The van der Waals surface area contributed by atoms with Gasteiger partial charge in [-0.25, -0.2) is 13.4 Å². The van der Waals surface area contributed by atoms with Crippen molar-refractivity contribution >= 4 is 33.4 Å². The lowest BCUT2D eigenvalue weighted by Gasteiger charge is -2.14. The lowest BCUT2D eigenvalue weighted by molar-refractivity contribution is -0.156. The van der Waals surface area contributed by atoms with Gasteiger partial charge >= 0.3 is 12.1 Å². The minimum Gasteiger partial charge on any atom is -0.412 e. The molecule has 0 amide bonds. The second-order valence-corrected chi connectivity index (χ2v) is 9.77. The van der Waals surface area contributed by atoms with Crippen molar-refractivity contribution in [3.05, 3.63) is 77.8 Å². The van der Waals surface area contributed by atoms with Crippen LogP contribution in [0.15, 0.2) is 70.1 Å². The van der Waals surface area contributed by atoms with Gasteiger partial charge in [-0.3, -0.25) is 0 Å². The van der Waals surface area contributed by atoms with E-state index in [1.807, 2.05) is 30.3 Å². The van der Waals surface area contributed by atoms with Gasteiger partial charge in [0.1, 0.15) is 5.82 Å². The Kier molecular flexibility index (Phi) is 5.92. The molecule has 0 radical (unpaired) electrons. The van der Waals surface area contributed by atoms with Gasteiger partial charge in [-0.05, 0) is 29.3 Å². The van der Waals surface area contributed by atoms with Crippen molar-refractivity contribution in [3.63, 3.8) is 0 Å². The normalized spacial score (nSPS) is 14.3. The first kappa shape index (κ1) is 23.5. The van der Waals surface area contributed by atoms with Crippen LogP contribution in [0.2, 0.25) is 0 Å². The molecule has 0 unspecified atom stereocenters. The fourth-order valence-corrected chi connectivity index (χ4v) is 4.81. The van der Waals surface area contributed by atoms with Crippen molar-refractivity contribution in [2.45, 2.75) is 17.6 Å². The summed E-state index contributed by atoms with van der Waals surface area (Å²) in [6, 6.07) is 14.0. The molecule has 0 spiro atoms. The maximum absolute atomic E-state index is 13.0. The predicted octanol–water partition coefficient (Wildman–Crippen LogP) is 4.70. The molecule has 4 aromatic rings. The fraction of sp³-hybridized carbons (Fsp3) is 0.130. The number of alkyl halides is 3. The second kappa shape index (κ2) is 9.07. The van der Waals surface area contributed by atoms with E-state index in [2.05, 4.69) is 30.8 Å². The van der Waals surface area contributed by atoms with Crippen LogP contribution in [0, 0.1) is 0 Å². The molecule has 0 bridgehead atoms.